The van der Waals surface area contributed by atoms with Gasteiger partial charge in [-0.25, -0.2) is 0 Å². The molecule has 3 aliphatic heterocycles. The molecule has 8 atom stereocenters. The van der Waals surface area contributed by atoms with E-state index in [0.717, 1.165) is 19.3 Å². The second-order valence-corrected chi connectivity index (χ2v) is 13.4. The number of unbranched alkanes of at least 4 members (excludes halogenated alkanes) is 2. The lowest BCUT2D eigenvalue weighted by molar-refractivity contribution is -0.161. The van der Waals surface area contributed by atoms with Crippen LogP contribution in [-0.4, -0.2) is 93.5 Å². The highest BCUT2D eigenvalue weighted by Gasteiger charge is 2.77. The minimum Gasteiger partial charge on any atom is -0.455 e. The molecule has 0 aromatic heterocycles. The Balaban J connectivity index is 1.65. The molecule has 11 heteroatoms. The lowest BCUT2D eigenvalue weighted by Crippen LogP contribution is -2.58. The van der Waals surface area contributed by atoms with Crippen LogP contribution in [-0.2, 0) is 28.7 Å². The molecule has 1 aromatic rings. The van der Waals surface area contributed by atoms with Crippen molar-refractivity contribution in [3.8, 4) is 0 Å². The van der Waals surface area contributed by atoms with Gasteiger partial charge in [0.15, 0.2) is 0 Å². The van der Waals surface area contributed by atoms with E-state index < -0.39 is 53.6 Å². The fraction of sp³-hybridized carbons (Fsp3) is 0.588. The number of fused-ring (bicyclic) bond motifs is 1. The average molecular weight is 689 g/mol. The molecule has 0 radical (unpaired) electrons. The van der Waals surface area contributed by atoms with Gasteiger partial charge in [0.1, 0.15) is 17.7 Å². The van der Waals surface area contributed by atoms with Crippen LogP contribution >= 0.6 is 15.9 Å². The average Bonchev–Trinajstić information content (AvgIpc) is 3.64. The van der Waals surface area contributed by atoms with Crippen LogP contribution in [0.15, 0.2) is 55.6 Å². The van der Waals surface area contributed by atoms with Crippen molar-refractivity contribution in [3.05, 3.63) is 61.2 Å². The maximum atomic E-state index is 14.3. The molecule has 3 fully saturated rings. The summed E-state index contributed by atoms with van der Waals surface area (Å²) in [5.74, 6) is -3.46. The van der Waals surface area contributed by atoms with Gasteiger partial charge in [0.05, 0.1) is 37.1 Å². The van der Waals surface area contributed by atoms with Crippen LogP contribution in [0.25, 0.3) is 0 Å². The minimum absolute atomic E-state index is 0.0501. The molecule has 0 aliphatic carbocycles. The third-order valence-corrected chi connectivity index (χ3v) is 10.00. The molecule has 3 aliphatic rings. The van der Waals surface area contributed by atoms with Gasteiger partial charge in [-0.1, -0.05) is 78.2 Å². The summed E-state index contributed by atoms with van der Waals surface area (Å²) in [4.78, 5) is 58.0. The van der Waals surface area contributed by atoms with Crippen molar-refractivity contribution >= 4 is 39.6 Å². The van der Waals surface area contributed by atoms with Gasteiger partial charge in [0, 0.05) is 24.3 Å². The largest absolute Gasteiger partial charge is 0.455 e. The molecule has 10 nitrogen and oxygen atoms in total. The number of nitrogens with one attached hydrogen (secondary N) is 1. The summed E-state index contributed by atoms with van der Waals surface area (Å²) in [5, 5.41) is 13.0. The molecule has 246 valence electrons. The van der Waals surface area contributed by atoms with Crippen LogP contribution in [0.2, 0.25) is 0 Å². The van der Waals surface area contributed by atoms with Gasteiger partial charge in [-0.2, -0.15) is 0 Å². The van der Waals surface area contributed by atoms with Crippen molar-refractivity contribution in [2.45, 2.75) is 87.1 Å². The van der Waals surface area contributed by atoms with E-state index in [0.29, 0.717) is 31.5 Å². The van der Waals surface area contributed by atoms with Gasteiger partial charge in [-0.15, -0.1) is 13.2 Å². The summed E-state index contributed by atoms with van der Waals surface area (Å²) in [6.45, 7) is 11.8. The molecule has 3 amide bonds. The van der Waals surface area contributed by atoms with Crippen molar-refractivity contribution in [2.75, 3.05) is 26.2 Å². The van der Waals surface area contributed by atoms with Crippen molar-refractivity contribution in [1.82, 2.24) is 15.1 Å². The van der Waals surface area contributed by atoms with E-state index in [1.807, 2.05) is 30.3 Å². The van der Waals surface area contributed by atoms with E-state index in [-0.39, 0.29) is 36.2 Å². The van der Waals surface area contributed by atoms with Crippen molar-refractivity contribution in [3.63, 3.8) is 0 Å². The zero-order valence-corrected chi connectivity index (χ0v) is 27.8. The number of likely N-dealkylation sites (tertiary alicyclic amines) is 1. The van der Waals surface area contributed by atoms with E-state index in [1.54, 1.807) is 24.0 Å². The van der Waals surface area contributed by atoms with Gasteiger partial charge < -0.3 is 29.7 Å². The lowest BCUT2D eigenvalue weighted by atomic mass is 9.70. The topological polar surface area (TPSA) is 125 Å². The summed E-state index contributed by atoms with van der Waals surface area (Å²) in [6.07, 6.45) is 5.69. The number of aliphatic hydroxyl groups excluding tert-OH is 1. The van der Waals surface area contributed by atoms with Crippen molar-refractivity contribution < 1.29 is 33.8 Å². The van der Waals surface area contributed by atoms with E-state index in [1.165, 1.54) is 4.90 Å². The fourth-order valence-electron chi connectivity index (χ4n) is 6.99. The number of carbonyl (C=O) groups is 4. The number of halogens is 1. The standard InChI is InChI=1S/C34H46BrN3O7/c1-5-8-13-18-37(17-7-3)32(42)30-34-19-24(35)29(45-34)27(28(34)31(41)38(30)22(4)21-39)33(43)44-25(23-14-11-10-12-15-23)20-36-26(40)16-9-6-2/h6-7,10-12,14-15,22,24-25,27-30,39H,2-3,5,8-9,13,16-21H2,1,4H3,(H,36,40)/t22-,24?,25-,27-,28+,29-,30-,34+/m1/s1. The normalized spacial score (nSPS) is 27.9. The van der Waals surface area contributed by atoms with Crippen molar-refractivity contribution in [1.29, 1.82) is 0 Å². The smallest absolute Gasteiger partial charge is 0.313 e. The van der Waals surface area contributed by atoms with Crippen molar-refractivity contribution in [2.24, 2.45) is 11.8 Å². The molecule has 4 rings (SSSR count). The number of carbonyl (C=O) groups excluding carboxylic acids is 4. The number of alkyl halides is 1. The molecule has 2 bridgehead atoms. The third kappa shape index (κ3) is 7.05. The summed E-state index contributed by atoms with van der Waals surface area (Å²) < 4.78 is 12.7. The monoisotopic (exact) mass is 687 g/mol. The van der Waals surface area contributed by atoms with E-state index in [9.17, 15) is 24.3 Å². The van der Waals surface area contributed by atoms with Gasteiger partial charge in [-0.3, -0.25) is 19.2 Å². The second-order valence-electron chi connectivity index (χ2n) is 12.2. The number of aliphatic hydroxyl groups is 1. The first-order chi connectivity index (χ1) is 21.6. The Morgan fingerprint density at radius 1 is 1.24 bits per heavy atom. The first-order valence-corrected chi connectivity index (χ1v) is 16.8. The Hall–Kier alpha value is -3.02. The third-order valence-electron chi connectivity index (χ3n) is 9.15. The Kier molecular flexibility index (Phi) is 12.0. The van der Waals surface area contributed by atoms with Crippen LogP contribution < -0.4 is 5.32 Å². The molecule has 1 spiro atoms. The number of hydrogen-bond acceptors (Lipinski definition) is 7. The fourth-order valence-corrected chi connectivity index (χ4v) is 7.94. The van der Waals surface area contributed by atoms with Crippen LogP contribution in [0, 0.1) is 11.8 Å². The van der Waals surface area contributed by atoms with Crippen LogP contribution in [0.3, 0.4) is 0 Å². The summed E-state index contributed by atoms with van der Waals surface area (Å²) in [5.41, 5.74) is -0.580. The number of ether oxygens (including phenoxy) is 2. The molecule has 0 saturated carbocycles. The number of hydrogen-bond donors (Lipinski definition) is 2. The summed E-state index contributed by atoms with van der Waals surface area (Å²) in [6, 6.07) is 7.41. The number of rotatable bonds is 17. The molecule has 1 unspecified atom stereocenters. The number of esters is 1. The maximum absolute atomic E-state index is 14.3. The second kappa shape index (κ2) is 15.5. The highest BCUT2D eigenvalue weighted by Crippen LogP contribution is 2.60. The summed E-state index contributed by atoms with van der Waals surface area (Å²) >= 11 is 3.69. The number of amides is 3. The highest BCUT2D eigenvalue weighted by atomic mass is 79.9. The van der Waals surface area contributed by atoms with E-state index >= 15 is 0 Å². The molecule has 3 saturated heterocycles. The first-order valence-electron chi connectivity index (χ1n) is 15.9. The molecular formula is C34H46BrN3O7. The van der Waals surface area contributed by atoms with Crippen LogP contribution in [0.4, 0.5) is 0 Å². The van der Waals surface area contributed by atoms with Gasteiger partial charge in [0.25, 0.3) is 0 Å². The van der Waals surface area contributed by atoms with Gasteiger partial charge in [0.2, 0.25) is 17.7 Å². The zero-order valence-electron chi connectivity index (χ0n) is 26.2. The summed E-state index contributed by atoms with van der Waals surface area (Å²) in [7, 11) is 0. The number of allylic oxidation sites excluding steroid dienone is 1. The highest BCUT2D eigenvalue weighted by molar-refractivity contribution is 9.09. The molecule has 3 heterocycles. The molecule has 45 heavy (non-hydrogen) atoms. The predicted molar refractivity (Wildman–Crippen MR) is 173 cm³/mol. The van der Waals surface area contributed by atoms with E-state index in [2.05, 4.69) is 41.3 Å². The maximum Gasteiger partial charge on any atom is 0.313 e. The molecular weight excluding hydrogens is 642 g/mol. The van der Waals surface area contributed by atoms with Gasteiger partial charge in [-0.05, 0) is 31.7 Å². The minimum atomic E-state index is -1.27. The SMILES string of the molecule is C=CCCC(=O)NC[C@@H](OC(=O)[C@H]1[C@@H]2O[C@@]3(CC2Br)[C@@H]1C(=O)N([C@H](C)CO)[C@@H]3C(=O)N(CC=C)CCCCC)c1ccccc1. The zero-order chi connectivity index (χ0) is 32.7. The Morgan fingerprint density at radius 3 is 2.62 bits per heavy atom. The Labute approximate surface area is 274 Å². The Morgan fingerprint density at radius 2 is 1.98 bits per heavy atom. The van der Waals surface area contributed by atoms with Gasteiger partial charge >= 0.3 is 5.97 Å². The molecule has 1 aromatic carbocycles. The number of benzene rings is 1. The van der Waals surface area contributed by atoms with Crippen LogP contribution in [0.1, 0.15) is 64.0 Å². The predicted octanol–water partition coefficient (Wildman–Crippen LogP) is 3.69. The molecule has 2 N–H and O–H groups in total. The Bertz CT molecular complexity index is 1250. The lowest BCUT2D eigenvalue weighted by Gasteiger charge is -2.38. The van der Waals surface area contributed by atoms with Crippen LogP contribution in [0.5, 0.6) is 0 Å². The number of nitrogens with zero attached hydrogens (tertiary/aromatic N) is 2. The first kappa shape index (κ1) is 34.8. The van der Waals surface area contributed by atoms with E-state index in [4.69, 9.17) is 9.47 Å². The quantitative estimate of drug-likeness (QED) is 0.111.